The van der Waals surface area contributed by atoms with Gasteiger partial charge in [0, 0.05) is 50.4 Å². The predicted octanol–water partition coefficient (Wildman–Crippen LogP) is 2.91. The van der Waals surface area contributed by atoms with E-state index in [0.29, 0.717) is 18.8 Å². The van der Waals surface area contributed by atoms with Crippen LogP contribution in [0.15, 0.2) is 67.3 Å². The number of methoxy groups -OCH3 is 1. The molecule has 4 aromatic heterocycles. The van der Waals surface area contributed by atoms with E-state index in [2.05, 4.69) is 16.1 Å². The Morgan fingerprint density at radius 3 is 2.75 bits per heavy atom. The number of aromatic nitrogens is 4. The minimum absolute atomic E-state index is 0.104. The highest BCUT2D eigenvalue weighted by Crippen LogP contribution is 2.23. The fourth-order valence-electron chi connectivity index (χ4n) is 3.14. The molecule has 0 N–H and O–H groups in total. The van der Waals surface area contributed by atoms with E-state index >= 15 is 0 Å². The van der Waals surface area contributed by atoms with Gasteiger partial charge < -0.3 is 14.0 Å². The molecule has 0 fully saturated rings. The van der Waals surface area contributed by atoms with E-state index in [1.54, 1.807) is 42.2 Å². The number of nitrogens with zero attached hydrogens (tertiary/aromatic N) is 5. The van der Waals surface area contributed by atoms with E-state index in [1.165, 1.54) is 0 Å². The Bertz CT molecular complexity index is 1100. The van der Waals surface area contributed by atoms with Crippen molar-refractivity contribution < 1.29 is 9.53 Å². The van der Waals surface area contributed by atoms with Gasteiger partial charge in [-0.05, 0) is 35.9 Å². The van der Waals surface area contributed by atoms with E-state index < -0.39 is 0 Å². The number of rotatable bonds is 6. The van der Waals surface area contributed by atoms with E-state index in [9.17, 15) is 4.79 Å². The number of amides is 1. The van der Waals surface area contributed by atoms with Crippen LogP contribution in [0.5, 0.6) is 0 Å². The van der Waals surface area contributed by atoms with Crippen molar-refractivity contribution in [1.82, 2.24) is 24.1 Å². The SMILES string of the molecule is COCCN(C)C(=O)c1ccnn1-c1ccc2ccc(-c3cccnc3)cn12. The van der Waals surface area contributed by atoms with Gasteiger partial charge >= 0.3 is 0 Å². The highest BCUT2D eigenvalue weighted by Gasteiger charge is 2.19. The van der Waals surface area contributed by atoms with Crippen LogP contribution in [0.25, 0.3) is 22.5 Å². The van der Waals surface area contributed by atoms with Gasteiger partial charge in [-0.3, -0.25) is 9.78 Å². The number of ether oxygens (including phenoxy) is 1. The smallest absolute Gasteiger partial charge is 0.272 e. The van der Waals surface area contributed by atoms with Crippen LogP contribution in [0.3, 0.4) is 0 Å². The number of carbonyl (C=O) groups excluding carboxylic acids is 1. The summed E-state index contributed by atoms with van der Waals surface area (Å²) >= 11 is 0. The Kier molecular flexibility index (Phi) is 4.90. The molecule has 0 spiro atoms. The van der Waals surface area contributed by atoms with E-state index in [4.69, 9.17) is 4.74 Å². The number of pyridine rings is 2. The van der Waals surface area contributed by atoms with Crippen molar-refractivity contribution in [2.24, 2.45) is 0 Å². The van der Waals surface area contributed by atoms with Crippen LogP contribution in [0, 0.1) is 0 Å². The van der Waals surface area contributed by atoms with Gasteiger partial charge in [-0.15, -0.1) is 0 Å². The largest absolute Gasteiger partial charge is 0.383 e. The summed E-state index contributed by atoms with van der Waals surface area (Å²) in [7, 11) is 3.38. The fourth-order valence-corrected chi connectivity index (χ4v) is 3.14. The molecule has 1 amide bonds. The van der Waals surface area contributed by atoms with Crippen LogP contribution in [0.4, 0.5) is 0 Å². The lowest BCUT2D eigenvalue weighted by Crippen LogP contribution is -2.31. The highest BCUT2D eigenvalue weighted by atomic mass is 16.5. The summed E-state index contributed by atoms with van der Waals surface area (Å²) in [6.45, 7) is 0.999. The number of hydrogen-bond donors (Lipinski definition) is 0. The van der Waals surface area contributed by atoms with Crippen LogP contribution in [-0.4, -0.2) is 57.3 Å². The molecule has 0 atom stereocenters. The molecule has 0 saturated heterocycles. The van der Waals surface area contributed by atoms with Crippen molar-refractivity contribution in [2.45, 2.75) is 0 Å². The third kappa shape index (κ3) is 3.27. The molecular formula is C21H21N5O2. The summed E-state index contributed by atoms with van der Waals surface area (Å²) in [4.78, 5) is 18.7. The van der Waals surface area contributed by atoms with Crippen molar-refractivity contribution in [3.63, 3.8) is 0 Å². The molecule has 142 valence electrons. The molecule has 0 saturated carbocycles. The fraction of sp³-hybridized carbons (Fsp3) is 0.190. The summed E-state index contributed by atoms with van der Waals surface area (Å²) in [5.74, 6) is 0.696. The quantitative estimate of drug-likeness (QED) is 0.520. The molecule has 7 heteroatoms. The van der Waals surface area contributed by atoms with Crippen molar-refractivity contribution >= 4 is 11.4 Å². The van der Waals surface area contributed by atoms with Crippen molar-refractivity contribution in [3.05, 3.63) is 72.9 Å². The second kappa shape index (κ2) is 7.66. The Morgan fingerprint density at radius 1 is 1.11 bits per heavy atom. The van der Waals surface area contributed by atoms with Crippen LogP contribution in [0.2, 0.25) is 0 Å². The second-order valence-electron chi connectivity index (χ2n) is 6.49. The Balaban J connectivity index is 1.75. The van der Waals surface area contributed by atoms with Gasteiger partial charge in [-0.1, -0.05) is 12.1 Å². The summed E-state index contributed by atoms with van der Waals surface area (Å²) in [6.07, 6.45) is 7.26. The van der Waals surface area contributed by atoms with E-state index in [0.717, 1.165) is 22.5 Å². The number of hydrogen-bond acceptors (Lipinski definition) is 4. The highest BCUT2D eigenvalue weighted by molar-refractivity contribution is 5.93. The molecular weight excluding hydrogens is 354 g/mol. The van der Waals surface area contributed by atoms with Crippen LogP contribution in [-0.2, 0) is 4.74 Å². The zero-order chi connectivity index (χ0) is 19.5. The third-order valence-corrected chi connectivity index (χ3v) is 4.68. The monoisotopic (exact) mass is 375 g/mol. The Hall–Kier alpha value is -3.45. The molecule has 28 heavy (non-hydrogen) atoms. The molecule has 0 aliphatic rings. The first-order valence-electron chi connectivity index (χ1n) is 8.99. The van der Waals surface area contributed by atoms with Gasteiger partial charge in [0.05, 0.1) is 12.8 Å². The number of fused-ring (bicyclic) bond motifs is 1. The van der Waals surface area contributed by atoms with Crippen molar-refractivity contribution in [2.75, 3.05) is 27.3 Å². The first kappa shape index (κ1) is 17.9. The van der Waals surface area contributed by atoms with E-state index in [-0.39, 0.29) is 5.91 Å². The van der Waals surface area contributed by atoms with E-state index in [1.807, 2.05) is 47.1 Å². The van der Waals surface area contributed by atoms with Gasteiger partial charge in [0.15, 0.2) is 0 Å². The Morgan fingerprint density at radius 2 is 1.96 bits per heavy atom. The minimum atomic E-state index is -0.104. The molecule has 0 aliphatic heterocycles. The van der Waals surface area contributed by atoms with Crippen molar-refractivity contribution in [1.29, 1.82) is 0 Å². The summed E-state index contributed by atoms with van der Waals surface area (Å²) in [5, 5.41) is 4.40. The topological polar surface area (TPSA) is 64.7 Å². The second-order valence-corrected chi connectivity index (χ2v) is 6.49. The lowest BCUT2D eigenvalue weighted by Gasteiger charge is -2.17. The lowest BCUT2D eigenvalue weighted by molar-refractivity contribution is 0.0735. The molecule has 0 radical (unpaired) electrons. The van der Waals surface area contributed by atoms with Gasteiger partial charge in [0.25, 0.3) is 5.91 Å². The molecule has 0 unspecified atom stereocenters. The van der Waals surface area contributed by atoms with Crippen LogP contribution in [0.1, 0.15) is 10.5 Å². The number of carbonyl (C=O) groups is 1. The average Bonchev–Trinajstić information content (AvgIpc) is 3.38. The molecule has 7 nitrogen and oxygen atoms in total. The zero-order valence-corrected chi connectivity index (χ0v) is 15.8. The standard InChI is InChI=1S/C21H21N5O2/c1-24(12-13-28-2)21(27)19-9-11-23-26(19)20-8-7-18-6-5-17(15-25(18)20)16-4-3-10-22-14-16/h3-11,14-15H,12-13H2,1-2H3. The third-order valence-electron chi connectivity index (χ3n) is 4.68. The molecule has 0 bridgehead atoms. The molecule has 4 aromatic rings. The zero-order valence-electron chi connectivity index (χ0n) is 15.8. The van der Waals surface area contributed by atoms with Gasteiger partial charge in [0.2, 0.25) is 0 Å². The first-order chi connectivity index (χ1) is 13.7. The van der Waals surface area contributed by atoms with Gasteiger partial charge in [-0.25, -0.2) is 4.68 Å². The lowest BCUT2D eigenvalue weighted by atomic mass is 10.1. The summed E-state index contributed by atoms with van der Waals surface area (Å²) < 4.78 is 8.77. The molecule has 4 rings (SSSR count). The normalized spacial score (nSPS) is 11.1. The molecule has 0 aromatic carbocycles. The minimum Gasteiger partial charge on any atom is -0.383 e. The average molecular weight is 375 g/mol. The van der Waals surface area contributed by atoms with Gasteiger partial charge in [0.1, 0.15) is 11.5 Å². The molecule has 0 aliphatic carbocycles. The maximum Gasteiger partial charge on any atom is 0.272 e. The first-order valence-corrected chi connectivity index (χ1v) is 8.99. The maximum absolute atomic E-state index is 12.8. The van der Waals surface area contributed by atoms with Gasteiger partial charge in [-0.2, -0.15) is 5.10 Å². The van der Waals surface area contributed by atoms with Crippen molar-refractivity contribution in [3.8, 4) is 16.9 Å². The maximum atomic E-state index is 12.8. The number of likely N-dealkylation sites (N-methyl/N-ethyl adjacent to an activating group) is 1. The Labute approximate surface area is 162 Å². The summed E-state index contributed by atoms with van der Waals surface area (Å²) in [5.41, 5.74) is 3.59. The molecule has 4 heterocycles. The summed E-state index contributed by atoms with van der Waals surface area (Å²) in [6, 6.07) is 13.7. The van der Waals surface area contributed by atoms with Crippen LogP contribution >= 0.6 is 0 Å². The predicted molar refractivity (Wildman–Crippen MR) is 107 cm³/mol. The van der Waals surface area contributed by atoms with Crippen LogP contribution < -0.4 is 0 Å².